The molecule has 1 atom stereocenters. The average Bonchev–Trinajstić information content (AvgIpc) is 3.10. The molecule has 16 heavy (non-hydrogen) atoms. The Hall–Kier alpha value is -1.42. The zero-order valence-electron chi connectivity index (χ0n) is 9.34. The van der Waals surface area contributed by atoms with E-state index >= 15 is 0 Å². The van der Waals surface area contributed by atoms with Crippen molar-refractivity contribution in [2.45, 2.75) is 31.8 Å². The van der Waals surface area contributed by atoms with Crippen molar-refractivity contribution >= 4 is 5.97 Å². The molecular weight excluding hydrogens is 204 g/mol. The Bertz CT molecular complexity index is 363. The average molecular weight is 220 g/mol. The van der Waals surface area contributed by atoms with Gasteiger partial charge in [-0.15, -0.1) is 0 Å². The molecule has 0 amide bonds. The Morgan fingerprint density at radius 3 is 2.94 bits per heavy atom. The zero-order chi connectivity index (χ0) is 11.5. The van der Waals surface area contributed by atoms with Crippen molar-refractivity contribution < 1.29 is 9.90 Å². The van der Waals surface area contributed by atoms with E-state index in [1.165, 1.54) is 0 Å². The van der Waals surface area contributed by atoms with Gasteiger partial charge in [0.1, 0.15) is 0 Å². The van der Waals surface area contributed by atoms with Crippen LogP contribution in [0, 0.1) is 0 Å². The van der Waals surface area contributed by atoms with E-state index in [1.807, 2.05) is 30.2 Å². The highest BCUT2D eigenvalue weighted by Gasteiger charge is 2.33. The third kappa shape index (κ3) is 2.58. The molecule has 1 saturated carbocycles. The maximum Gasteiger partial charge on any atom is 0.317 e. The Morgan fingerprint density at radius 1 is 1.69 bits per heavy atom. The molecule has 1 fully saturated rings. The molecule has 4 heteroatoms. The summed E-state index contributed by atoms with van der Waals surface area (Å²) in [6, 6.07) is 4.44. The summed E-state index contributed by atoms with van der Waals surface area (Å²) in [7, 11) is 0. The molecule has 1 aliphatic carbocycles. The lowest BCUT2D eigenvalue weighted by molar-refractivity contribution is -0.139. The second-order valence-electron chi connectivity index (χ2n) is 4.26. The topological polar surface area (TPSA) is 53.4 Å². The lowest BCUT2D eigenvalue weighted by Gasteiger charge is -2.27. The van der Waals surface area contributed by atoms with Gasteiger partial charge in [-0.2, -0.15) is 0 Å². The van der Waals surface area contributed by atoms with Gasteiger partial charge in [0.25, 0.3) is 0 Å². The summed E-state index contributed by atoms with van der Waals surface area (Å²) in [5.41, 5.74) is 1.08. The number of carboxylic acids is 1. The van der Waals surface area contributed by atoms with E-state index in [-0.39, 0.29) is 12.6 Å². The van der Waals surface area contributed by atoms with Crippen LogP contribution in [0.15, 0.2) is 24.5 Å². The first kappa shape index (κ1) is 11.1. The van der Waals surface area contributed by atoms with E-state index in [2.05, 4.69) is 4.98 Å². The van der Waals surface area contributed by atoms with Gasteiger partial charge in [0.2, 0.25) is 0 Å². The molecule has 86 valence electrons. The van der Waals surface area contributed by atoms with Crippen LogP contribution in [0.2, 0.25) is 0 Å². The number of rotatable bonds is 5. The summed E-state index contributed by atoms with van der Waals surface area (Å²) in [5.74, 6) is -0.761. The predicted octanol–water partition coefficient (Wildman–Crippen LogP) is 1.69. The SMILES string of the molecule is CC(c1cccnc1)N(CC(=O)O)C1CC1. The standard InChI is InChI=1S/C12H16N2O2/c1-9(10-3-2-6-13-7-10)14(8-12(15)16)11-4-5-11/h2-3,6-7,9,11H,4-5,8H2,1H3,(H,15,16). The van der Waals surface area contributed by atoms with Crippen LogP contribution >= 0.6 is 0 Å². The van der Waals surface area contributed by atoms with Crippen molar-refractivity contribution in [3.63, 3.8) is 0 Å². The molecule has 1 unspecified atom stereocenters. The third-order valence-electron chi connectivity index (χ3n) is 3.00. The number of hydrogen-bond donors (Lipinski definition) is 1. The molecule has 1 N–H and O–H groups in total. The fourth-order valence-corrected chi connectivity index (χ4v) is 1.96. The lowest BCUT2D eigenvalue weighted by Crippen LogP contribution is -2.34. The number of aromatic nitrogens is 1. The minimum atomic E-state index is -0.761. The summed E-state index contributed by atoms with van der Waals surface area (Å²) in [6.07, 6.45) is 5.76. The van der Waals surface area contributed by atoms with E-state index in [1.54, 1.807) is 6.20 Å². The van der Waals surface area contributed by atoms with Crippen LogP contribution in [0.3, 0.4) is 0 Å². The van der Waals surface area contributed by atoms with E-state index in [0.717, 1.165) is 18.4 Å². The maximum atomic E-state index is 10.8. The molecule has 0 saturated heterocycles. The monoisotopic (exact) mass is 220 g/mol. The quantitative estimate of drug-likeness (QED) is 0.820. The molecule has 1 heterocycles. The highest BCUT2D eigenvalue weighted by atomic mass is 16.4. The number of hydrogen-bond acceptors (Lipinski definition) is 3. The second kappa shape index (κ2) is 4.61. The first-order valence-corrected chi connectivity index (χ1v) is 5.56. The highest BCUT2D eigenvalue weighted by Crippen LogP contribution is 2.33. The molecule has 0 aromatic carbocycles. The van der Waals surface area contributed by atoms with E-state index in [9.17, 15) is 4.79 Å². The van der Waals surface area contributed by atoms with Gasteiger partial charge >= 0.3 is 5.97 Å². The molecule has 1 aromatic heterocycles. The summed E-state index contributed by atoms with van der Waals surface area (Å²) < 4.78 is 0. The molecule has 1 aliphatic rings. The van der Waals surface area contributed by atoms with Crippen molar-refractivity contribution in [1.82, 2.24) is 9.88 Å². The van der Waals surface area contributed by atoms with Crippen molar-refractivity contribution in [2.75, 3.05) is 6.54 Å². The van der Waals surface area contributed by atoms with Crippen molar-refractivity contribution in [2.24, 2.45) is 0 Å². The fourth-order valence-electron chi connectivity index (χ4n) is 1.96. The van der Waals surface area contributed by atoms with Gasteiger partial charge in [-0.25, -0.2) is 0 Å². The predicted molar refractivity (Wildman–Crippen MR) is 60.0 cm³/mol. The largest absolute Gasteiger partial charge is 0.480 e. The normalized spacial score (nSPS) is 17.4. The lowest BCUT2D eigenvalue weighted by atomic mass is 10.1. The molecule has 0 aliphatic heterocycles. The van der Waals surface area contributed by atoms with Crippen LogP contribution in [0.1, 0.15) is 31.4 Å². The van der Waals surface area contributed by atoms with Crippen molar-refractivity contribution in [1.29, 1.82) is 0 Å². The van der Waals surface area contributed by atoms with Crippen molar-refractivity contribution in [3.8, 4) is 0 Å². The van der Waals surface area contributed by atoms with Gasteiger partial charge < -0.3 is 5.11 Å². The van der Waals surface area contributed by atoms with Crippen LogP contribution < -0.4 is 0 Å². The number of pyridine rings is 1. The van der Waals surface area contributed by atoms with Crippen LogP contribution in [0.5, 0.6) is 0 Å². The molecule has 4 nitrogen and oxygen atoms in total. The Kier molecular flexibility index (Phi) is 3.19. The van der Waals surface area contributed by atoms with Crippen LogP contribution in [0.25, 0.3) is 0 Å². The van der Waals surface area contributed by atoms with E-state index in [4.69, 9.17) is 5.11 Å². The van der Waals surface area contributed by atoms with Gasteiger partial charge in [-0.3, -0.25) is 14.7 Å². The minimum absolute atomic E-state index is 0.112. The maximum absolute atomic E-state index is 10.8. The molecular formula is C12H16N2O2. The molecule has 0 radical (unpaired) electrons. The van der Waals surface area contributed by atoms with E-state index < -0.39 is 5.97 Å². The van der Waals surface area contributed by atoms with E-state index in [0.29, 0.717) is 6.04 Å². The molecule has 1 aromatic rings. The number of nitrogens with zero attached hydrogens (tertiary/aromatic N) is 2. The Morgan fingerprint density at radius 2 is 2.44 bits per heavy atom. The highest BCUT2D eigenvalue weighted by molar-refractivity contribution is 5.69. The molecule has 0 spiro atoms. The first-order chi connectivity index (χ1) is 7.68. The van der Waals surface area contributed by atoms with Crippen LogP contribution in [-0.2, 0) is 4.79 Å². The molecule has 2 rings (SSSR count). The Labute approximate surface area is 94.9 Å². The summed E-state index contributed by atoms with van der Waals surface area (Å²) >= 11 is 0. The summed E-state index contributed by atoms with van der Waals surface area (Å²) in [5, 5.41) is 8.90. The van der Waals surface area contributed by atoms with Gasteiger partial charge in [0, 0.05) is 24.5 Å². The number of carbonyl (C=O) groups is 1. The second-order valence-corrected chi connectivity index (χ2v) is 4.26. The third-order valence-corrected chi connectivity index (χ3v) is 3.00. The van der Waals surface area contributed by atoms with Gasteiger partial charge in [-0.05, 0) is 31.4 Å². The zero-order valence-corrected chi connectivity index (χ0v) is 9.34. The first-order valence-electron chi connectivity index (χ1n) is 5.56. The van der Waals surface area contributed by atoms with Crippen molar-refractivity contribution in [3.05, 3.63) is 30.1 Å². The fraction of sp³-hybridized carbons (Fsp3) is 0.500. The van der Waals surface area contributed by atoms with Gasteiger partial charge in [0.05, 0.1) is 6.54 Å². The summed E-state index contributed by atoms with van der Waals surface area (Å²) in [4.78, 5) is 16.9. The van der Waals surface area contributed by atoms with Crippen LogP contribution in [-0.4, -0.2) is 33.5 Å². The molecule has 0 bridgehead atoms. The number of aliphatic carboxylic acids is 1. The van der Waals surface area contributed by atoms with Gasteiger partial charge in [-0.1, -0.05) is 6.07 Å². The van der Waals surface area contributed by atoms with Gasteiger partial charge in [0.15, 0.2) is 0 Å². The number of carboxylic acid groups (broad SMARTS) is 1. The Balaban J connectivity index is 2.10. The minimum Gasteiger partial charge on any atom is -0.480 e. The van der Waals surface area contributed by atoms with Crippen LogP contribution in [0.4, 0.5) is 0 Å². The smallest absolute Gasteiger partial charge is 0.317 e. The summed E-state index contributed by atoms with van der Waals surface area (Å²) in [6.45, 7) is 2.15.